The van der Waals surface area contributed by atoms with E-state index in [-0.39, 0.29) is 11.7 Å². The summed E-state index contributed by atoms with van der Waals surface area (Å²) in [6.07, 6.45) is 0.296. The Hall–Kier alpha value is -2.49. The summed E-state index contributed by atoms with van der Waals surface area (Å²) >= 11 is 0. The molecular weight excluding hydrogens is 254 g/mol. The van der Waals surface area contributed by atoms with Crippen LogP contribution in [-0.4, -0.2) is 18.1 Å². The van der Waals surface area contributed by atoms with E-state index in [4.69, 9.17) is 4.74 Å². The SMILES string of the molecule is COc1ccc(CC(=O)Nc2ccc(O)cc2C)cc1. The van der Waals surface area contributed by atoms with Crippen molar-refractivity contribution in [1.82, 2.24) is 0 Å². The molecule has 104 valence electrons. The number of phenols is 1. The summed E-state index contributed by atoms with van der Waals surface area (Å²) in [7, 11) is 1.61. The van der Waals surface area contributed by atoms with Gasteiger partial charge in [-0.25, -0.2) is 0 Å². The maximum absolute atomic E-state index is 12.0. The van der Waals surface area contributed by atoms with Gasteiger partial charge in [0.2, 0.25) is 5.91 Å². The van der Waals surface area contributed by atoms with Crippen molar-refractivity contribution >= 4 is 11.6 Å². The van der Waals surface area contributed by atoms with Gasteiger partial charge in [0, 0.05) is 5.69 Å². The number of ether oxygens (including phenoxy) is 1. The zero-order chi connectivity index (χ0) is 14.5. The van der Waals surface area contributed by atoms with E-state index >= 15 is 0 Å². The normalized spacial score (nSPS) is 10.1. The molecule has 0 unspecified atom stereocenters. The van der Waals surface area contributed by atoms with Gasteiger partial charge < -0.3 is 15.2 Å². The molecule has 0 radical (unpaired) electrons. The molecule has 0 heterocycles. The Kier molecular flexibility index (Phi) is 4.25. The molecule has 0 atom stereocenters. The summed E-state index contributed by atoms with van der Waals surface area (Å²) in [6.45, 7) is 1.84. The molecule has 0 aliphatic carbocycles. The fourth-order valence-electron chi connectivity index (χ4n) is 1.91. The van der Waals surface area contributed by atoms with E-state index in [9.17, 15) is 9.90 Å². The number of nitrogens with one attached hydrogen (secondary N) is 1. The molecule has 0 fully saturated rings. The first-order valence-electron chi connectivity index (χ1n) is 6.31. The van der Waals surface area contributed by atoms with Crippen molar-refractivity contribution in [2.45, 2.75) is 13.3 Å². The van der Waals surface area contributed by atoms with E-state index < -0.39 is 0 Å². The van der Waals surface area contributed by atoms with Gasteiger partial charge in [-0.1, -0.05) is 12.1 Å². The highest BCUT2D eigenvalue weighted by Gasteiger charge is 2.06. The third-order valence-corrected chi connectivity index (χ3v) is 3.01. The van der Waals surface area contributed by atoms with Gasteiger partial charge >= 0.3 is 0 Å². The average Bonchev–Trinajstić information content (AvgIpc) is 2.43. The predicted octanol–water partition coefficient (Wildman–Crippen LogP) is 2.89. The minimum absolute atomic E-state index is 0.0936. The number of amides is 1. The minimum Gasteiger partial charge on any atom is -0.508 e. The van der Waals surface area contributed by atoms with Gasteiger partial charge in [0.05, 0.1) is 13.5 Å². The summed E-state index contributed by atoms with van der Waals surface area (Å²) in [4.78, 5) is 12.0. The lowest BCUT2D eigenvalue weighted by molar-refractivity contribution is -0.115. The fourth-order valence-corrected chi connectivity index (χ4v) is 1.91. The lowest BCUT2D eigenvalue weighted by atomic mass is 10.1. The number of anilines is 1. The highest BCUT2D eigenvalue weighted by atomic mass is 16.5. The predicted molar refractivity (Wildman–Crippen MR) is 78.2 cm³/mol. The van der Waals surface area contributed by atoms with Crippen molar-refractivity contribution in [3.8, 4) is 11.5 Å². The zero-order valence-electron chi connectivity index (χ0n) is 11.5. The Morgan fingerprint density at radius 2 is 1.90 bits per heavy atom. The number of methoxy groups -OCH3 is 1. The highest BCUT2D eigenvalue weighted by Crippen LogP contribution is 2.20. The van der Waals surface area contributed by atoms with Crippen LogP contribution < -0.4 is 10.1 Å². The maximum Gasteiger partial charge on any atom is 0.228 e. The van der Waals surface area contributed by atoms with Crippen LogP contribution in [0.25, 0.3) is 0 Å². The Morgan fingerprint density at radius 1 is 1.20 bits per heavy atom. The molecule has 4 heteroatoms. The molecule has 0 aliphatic rings. The first kappa shape index (κ1) is 13.9. The van der Waals surface area contributed by atoms with Crippen LogP contribution in [0.15, 0.2) is 42.5 Å². The van der Waals surface area contributed by atoms with Crippen molar-refractivity contribution in [2.24, 2.45) is 0 Å². The van der Waals surface area contributed by atoms with Crippen LogP contribution in [0.4, 0.5) is 5.69 Å². The third kappa shape index (κ3) is 3.51. The van der Waals surface area contributed by atoms with Crippen LogP contribution in [0.3, 0.4) is 0 Å². The monoisotopic (exact) mass is 271 g/mol. The molecule has 0 aliphatic heterocycles. The second-order valence-corrected chi connectivity index (χ2v) is 4.57. The molecule has 0 saturated carbocycles. The molecule has 0 saturated heterocycles. The van der Waals surface area contributed by atoms with Gasteiger partial charge in [-0.3, -0.25) is 4.79 Å². The Bertz CT molecular complexity index is 606. The Balaban J connectivity index is 2.01. The Labute approximate surface area is 118 Å². The molecular formula is C16H17NO3. The summed E-state index contributed by atoms with van der Waals surface area (Å²) in [5, 5.41) is 12.2. The topological polar surface area (TPSA) is 58.6 Å². The van der Waals surface area contributed by atoms with Gasteiger partial charge in [0.1, 0.15) is 11.5 Å². The summed E-state index contributed by atoms with van der Waals surface area (Å²) < 4.78 is 5.07. The maximum atomic E-state index is 12.0. The summed E-state index contributed by atoms with van der Waals surface area (Å²) in [6, 6.07) is 12.2. The lowest BCUT2D eigenvalue weighted by Gasteiger charge is -2.09. The quantitative estimate of drug-likeness (QED) is 0.841. The number of aryl methyl sites for hydroxylation is 1. The number of benzene rings is 2. The molecule has 2 N–H and O–H groups in total. The van der Waals surface area contributed by atoms with Crippen LogP contribution in [-0.2, 0) is 11.2 Å². The van der Waals surface area contributed by atoms with Crippen LogP contribution in [0.2, 0.25) is 0 Å². The van der Waals surface area contributed by atoms with Crippen molar-refractivity contribution in [1.29, 1.82) is 0 Å². The van der Waals surface area contributed by atoms with E-state index in [1.165, 1.54) is 0 Å². The van der Waals surface area contributed by atoms with Crippen molar-refractivity contribution < 1.29 is 14.6 Å². The number of phenolic OH excluding ortho intramolecular Hbond substituents is 1. The second kappa shape index (κ2) is 6.10. The standard InChI is InChI=1S/C16H17NO3/c1-11-9-13(18)5-8-15(11)17-16(19)10-12-3-6-14(20-2)7-4-12/h3-9,18H,10H2,1-2H3,(H,17,19). The molecule has 0 bridgehead atoms. The first-order chi connectivity index (χ1) is 9.58. The van der Waals surface area contributed by atoms with E-state index in [1.807, 2.05) is 31.2 Å². The molecule has 2 aromatic rings. The largest absolute Gasteiger partial charge is 0.508 e. The van der Waals surface area contributed by atoms with Gasteiger partial charge in [-0.2, -0.15) is 0 Å². The van der Waals surface area contributed by atoms with Crippen LogP contribution in [0.5, 0.6) is 11.5 Å². The third-order valence-electron chi connectivity index (χ3n) is 3.01. The number of hydrogen-bond acceptors (Lipinski definition) is 3. The number of hydrogen-bond donors (Lipinski definition) is 2. The van der Waals surface area contributed by atoms with Crippen molar-refractivity contribution in [2.75, 3.05) is 12.4 Å². The molecule has 0 aromatic heterocycles. The average molecular weight is 271 g/mol. The number of aromatic hydroxyl groups is 1. The van der Waals surface area contributed by atoms with E-state index in [2.05, 4.69) is 5.32 Å². The highest BCUT2D eigenvalue weighted by molar-refractivity contribution is 5.93. The number of carbonyl (C=O) groups excluding carboxylic acids is 1. The van der Waals surface area contributed by atoms with Gasteiger partial charge in [-0.05, 0) is 48.4 Å². The Morgan fingerprint density at radius 3 is 2.50 bits per heavy atom. The minimum atomic E-state index is -0.0936. The van der Waals surface area contributed by atoms with Gasteiger partial charge in [0.25, 0.3) is 0 Å². The van der Waals surface area contributed by atoms with Crippen LogP contribution in [0, 0.1) is 6.92 Å². The molecule has 4 nitrogen and oxygen atoms in total. The lowest BCUT2D eigenvalue weighted by Crippen LogP contribution is -2.15. The smallest absolute Gasteiger partial charge is 0.228 e. The second-order valence-electron chi connectivity index (χ2n) is 4.57. The zero-order valence-corrected chi connectivity index (χ0v) is 11.5. The molecule has 0 spiro atoms. The molecule has 2 rings (SSSR count). The van der Waals surface area contributed by atoms with Gasteiger partial charge in [0.15, 0.2) is 0 Å². The first-order valence-corrected chi connectivity index (χ1v) is 6.31. The number of carbonyl (C=O) groups is 1. The van der Waals surface area contributed by atoms with Gasteiger partial charge in [-0.15, -0.1) is 0 Å². The molecule has 20 heavy (non-hydrogen) atoms. The van der Waals surface area contributed by atoms with E-state index in [0.29, 0.717) is 12.1 Å². The summed E-state index contributed by atoms with van der Waals surface area (Å²) in [5.41, 5.74) is 2.45. The fraction of sp³-hybridized carbons (Fsp3) is 0.188. The van der Waals surface area contributed by atoms with Crippen LogP contribution >= 0.6 is 0 Å². The summed E-state index contributed by atoms with van der Waals surface area (Å²) in [5.74, 6) is 0.864. The molecule has 1 amide bonds. The molecule has 2 aromatic carbocycles. The van der Waals surface area contributed by atoms with Crippen molar-refractivity contribution in [3.63, 3.8) is 0 Å². The van der Waals surface area contributed by atoms with E-state index in [0.717, 1.165) is 16.9 Å². The van der Waals surface area contributed by atoms with Crippen LogP contribution in [0.1, 0.15) is 11.1 Å². The van der Waals surface area contributed by atoms with E-state index in [1.54, 1.807) is 25.3 Å². The van der Waals surface area contributed by atoms with Crippen molar-refractivity contribution in [3.05, 3.63) is 53.6 Å². The number of rotatable bonds is 4.